The van der Waals surface area contributed by atoms with Gasteiger partial charge >= 0.3 is 0 Å². The largest absolute Gasteiger partial charge is 0.368 e. The van der Waals surface area contributed by atoms with Crippen molar-refractivity contribution in [2.45, 2.75) is 57.5 Å². The lowest BCUT2D eigenvalue weighted by Gasteiger charge is -2.29. The molecule has 0 aromatic heterocycles. The van der Waals surface area contributed by atoms with E-state index in [4.69, 9.17) is 27.9 Å². The van der Waals surface area contributed by atoms with Gasteiger partial charge in [-0.15, -0.1) is 0 Å². The smallest absolute Gasteiger partial charge is 0.257 e. The van der Waals surface area contributed by atoms with Crippen LogP contribution in [0.1, 0.15) is 61.7 Å². The molecule has 2 fully saturated rings. The van der Waals surface area contributed by atoms with Crippen molar-refractivity contribution in [1.82, 2.24) is 0 Å². The minimum absolute atomic E-state index is 0.103. The summed E-state index contributed by atoms with van der Waals surface area (Å²) in [6, 6.07) is 11.7. The van der Waals surface area contributed by atoms with Crippen LogP contribution in [0.2, 0.25) is 10.0 Å². The fourth-order valence-electron chi connectivity index (χ4n) is 4.69. The Bertz CT molecular complexity index is 970. The Morgan fingerprint density at radius 2 is 1.50 bits per heavy atom. The number of anilines is 2. The maximum Gasteiger partial charge on any atom is 0.257 e. The van der Waals surface area contributed by atoms with Gasteiger partial charge in [-0.1, -0.05) is 55.3 Å². The summed E-state index contributed by atoms with van der Waals surface area (Å²) in [5.41, 5.74) is 1.78. The summed E-state index contributed by atoms with van der Waals surface area (Å²) < 4.78 is 5.93. The van der Waals surface area contributed by atoms with Crippen molar-refractivity contribution in [3.63, 3.8) is 0 Å². The highest BCUT2D eigenvalue weighted by atomic mass is 35.5. The molecule has 0 radical (unpaired) electrons. The Kier molecular flexibility index (Phi) is 7.39. The molecule has 1 saturated carbocycles. The number of carbonyl (C=O) groups is 2. The van der Waals surface area contributed by atoms with Crippen molar-refractivity contribution in [2.24, 2.45) is 5.41 Å². The highest BCUT2D eigenvalue weighted by Crippen LogP contribution is 2.43. The molecule has 1 unspecified atom stereocenters. The van der Waals surface area contributed by atoms with Crippen LogP contribution in [0.25, 0.3) is 0 Å². The fourth-order valence-corrected chi connectivity index (χ4v) is 5.19. The number of rotatable bonds is 4. The number of halogens is 2. The van der Waals surface area contributed by atoms with Crippen molar-refractivity contribution >= 4 is 46.4 Å². The van der Waals surface area contributed by atoms with Crippen LogP contribution in [0.15, 0.2) is 42.5 Å². The van der Waals surface area contributed by atoms with Gasteiger partial charge in [-0.3, -0.25) is 9.59 Å². The number of hydrogen-bond acceptors (Lipinski definition) is 3. The second-order valence-corrected chi connectivity index (χ2v) is 9.76. The topological polar surface area (TPSA) is 67.4 Å². The molecule has 2 N–H and O–H groups in total. The molecule has 1 aliphatic heterocycles. The monoisotopic (exact) mass is 474 g/mol. The summed E-state index contributed by atoms with van der Waals surface area (Å²) in [6.45, 7) is 0.684. The van der Waals surface area contributed by atoms with E-state index < -0.39 is 6.10 Å². The van der Waals surface area contributed by atoms with Crippen LogP contribution in [0.3, 0.4) is 0 Å². The zero-order chi connectivity index (χ0) is 22.6. The molecule has 5 nitrogen and oxygen atoms in total. The van der Waals surface area contributed by atoms with Gasteiger partial charge < -0.3 is 15.4 Å². The third-order valence-electron chi connectivity index (χ3n) is 6.50. The Hall–Kier alpha value is -2.08. The predicted molar refractivity (Wildman–Crippen MR) is 129 cm³/mol. The van der Waals surface area contributed by atoms with Gasteiger partial charge in [0.2, 0.25) is 0 Å². The minimum atomic E-state index is -0.402. The van der Waals surface area contributed by atoms with E-state index in [1.165, 1.54) is 38.2 Å². The van der Waals surface area contributed by atoms with Crippen LogP contribution in [-0.4, -0.2) is 24.5 Å². The molecule has 1 aliphatic carbocycles. The molecular formula is C25H28Cl2N2O3. The number of nitrogens with one attached hydrogen (secondary N) is 2. The summed E-state index contributed by atoms with van der Waals surface area (Å²) in [4.78, 5) is 25.2. The van der Waals surface area contributed by atoms with Gasteiger partial charge in [-0.25, -0.2) is 0 Å². The van der Waals surface area contributed by atoms with Crippen molar-refractivity contribution in [3.8, 4) is 0 Å². The first-order valence-electron chi connectivity index (χ1n) is 11.2. The first kappa shape index (κ1) is 23.1. The van der Waals surface area contributed by atoms with Crippen molar-refractivity contribution in [1.29, 1.82) is 0 Å². The van der Waals surface area contributed by atoms with E-state index in [-0.39, 0.29) is 22.3 Å². The number of ether oxygens (including phenoxy) is 1. The van der Waals surface area contributed by atoms with Crippen LogP contribution < -0.4 is 10.6 Å². The fraction of sp³-hybridized carbons (Fsp3) is 0.440. The van der Waals surface area contributed by atoms with Crippen molar-refractivity contribution in [3.05, 3.63) is 58.1 Å². The van der Waals surface area contributed by atoms with E-state index in [1.807, 2.05) is 0 Å². The molecule has 0 bridgehead atoms. The van der Waals surface area contributed by atoms with E-state index in [9.17, 15) is 9.59 Å². The molecule has 2 aromatic carbocycles. The van der Waals surface area contributed by atoms with E-state index in [0.717, 1.165) is 19.3 Å². The van der Waals surface area contributed by atoms with Gasteiger partial charge in [0.25, 0.3) is 11.8 Å². The molecule has 2 aromatic rings. The molecule has 1 atom stereocenters. The van der Waals surface area contributed by atoms with Gasteiger partial charge in [0.1, 0.15) is 6.10 Å². The Balaban J connectivity index is 1.32. The highest BCUT2D eigenvalue weighted by Gasteiger charge is 2.42. The van der Waals surface area contributed by atoms with Crippen molar-refractivity contribution < 1.29 is 14.3 Å². The zero-order valence-electron chi connectivity index (χ0n) is 18.0. The summed E-state index contributed by atoms with van der Waals surface area (Å²) in [6.07, 6.45) is 9.06. The van der Waals surface area contributed by atoms with E-state index >= 15 is 0 Å². The van der Waals surface area contributed by atoms with E-state index in [2.05, 4.69) is 10.6 Å². The van der Waals surface area contributed by atoms with Crippen LogP contribution in [0.4, 0.5) is 11.4 Å². The number of hydrogen-bond donors (Lipinski definition) is 2. The first-order valence-corrected chi connectivity index (χ1v) is 12.0. The van der Waals surface area contributed by atoms with Crippen LogP contribution >= 0.6 is 23.2 Å². The molecule has 1 saturated heterocycles. The first-order chi connectivity index (χ1) is 15.4. The van der Waals surface area contributed by atoms with Gasteiger partial charge in [-0.05, 0) is 67.1 Å². The van der Waals surface area contributed by atoms with Crippen LogP contribution in [0.5, 0.6) is 0 Å². The second kappa shape index (κ2) is 10.2. The summed E-state index contributed by atoms with van der Waals surface area (Å²) in [7, 11) is 0. The van der Waals surface area contributed by atoms with E-state index in [1.54, 1.807) is 36.4 Å². The maximum absolute atomic E-state index is 12.8. The SMILES string of the molecule is O=C(Nc1ccc(NC(=O)C2CC3(CCCCCCC3)CO2)cc1)c1ccc(Cl)cc1Cl. The van der Waals surface area contributed by atoms with Gasteiger partial charge in [-0.2, -0.15) is 0 Å². The predicted octanol–water partition coefficient (Wildman–Crippen LogP) is 6.70. The summed E-state index contributed by atoms with van der Waals surface area (Å²) in [5.74, 6) is -0.430. The Morgan fingerprint density at radius 1 is 0.875 bits per heavy atom. The standard InChI is InChI=1S/C25H28Cl2N2O3/c26-17-6-11-20(21(27)14-17)23(30)28-18-7-9-19(10-8-18)29-24(31)22-15-25(16-32-22)12-4-2-1-3-5-13-25/h6-11,14,22H,1-5,12-13,15-16H2,(H,28,30)(H,29,31). The molecular weight excluding hydrogens is 447 g/mol. The molecule has 7 heteroatoms. The molecule has 2 amide bonds. The lowest BCUT2D eigenvalue weighted by molar-refractivity contribution is -0.124. The molecule has 1 spiro atoms. The molecule has 32 heavy (non-hydrogen) atoms. The Morgan fingerprint density at radius 3 is 2.16 bits per heavy atom. The number of amides is 2. The van der Waals surface area contributed by atoms with Gasteiger partial charge in [0, 0.05) is 16.4 Å². The third kappa shape index (κ3) is 5.64. The second-order valence-electron chi connectivity index (χ2n) is 8.92. The van der Waals surface area contributed by atoms with Crippen LogP contribution in [-0.2, 0) is 9.53 Å². The molecule has 4 rings (SSSR count). The van der Waals surface area contributed by atoms with Gasteiger partial charge in [0.05, 0.1) is 17.2 Å². The molecule has 1 heterocycles. The van der Waals surface area contributed by atoms with Gasteiger partial charge in [0.15, 0.2) is 0 Å². The minimum Gasteiger partial charge on any atom is -0.368 e. The lowest BCUT2D eigenvalue weighted by Crippen LogP contribution is -2.29. The maximum atomic E-state index is 12.8. The van der Waals surface area contributed by atoms with Crippen LogP contribution in [0, 0.1) is 5.41 Å². The zero-order valence-corrected chi connectivity index (χ0v) is 19.5. The average molecular weight is 475 g/mol. The molecule has 2 aliphatic rings. The third-order valence-corrected chi connectivity index (χ3v) is 7.05. The number of carbonyl (C=O) groups excluding carboxylic acids is 2. The lowest BCUT2D eigenvalue weighted by atomic mass is 9.74. The summed E-state index contributed by atoms with van der Waals surface area (Å²) in [5, 5.41) is 6.51. The van der Waals surface area contributed by atoms with E-state index in [0.29, 0.717) is 28.6 Å². The average Bonchev–Trinajstić information content (AvgIpc) is 3.17. The Labute approximate surface area is 198 Å². The number of benzene rings is 2. The van der Waals surface area contributed by atoms with Crippen molar-refractivity contribution in [2.75, 3.05) is 17.2 Å². The summed E-state index contributed by atoms with van der Waals surface area (Å²) >= 11 is 12.0. The highest BCUT2D eigenvalue weighted by molar-refractivity contribution is 6.37. The normalized spacial score (nSPS) is 20.4. The quantitative estimate of drug-likeness (QED) is 0.517. The molecule has 170 valence electrons.